The minimum Gasteiger partial charge on any atom is -0.484 e. The zero-order chi connectivity index (χ0) is 13.8. The van der Waals surface area contributed by atoms with Crippen LogP contribution in [0, 0.1) is 0 Å². The monoisotopic (exact) mass is 279 g/mol. The van der Waals surface area contributed by atoms with Crippen molar-refractivity contribution in [3.63, 3.8) is 0 Å². The number of ether oxygens (including phenoxy) is 1. The van der Waals surface area contributed by atoms with Crippen molar-refractivity contribution in [2.24, 2.45) is 5.73 Å². The van der Waals surface area contributed by atoms with Gasteiger partial charge < -0.3 is 15.0 Å². The Morgan fingerprint density at radius 3 is 2.89 bits per heavy atom. The summed E-state index contributed by atoms with van der Waals surface area (Å²) in [5.41, 5.74) is 6.80. The Morgan fingerprint density at radius 2 is 2.26 bits per heavy atom. The molecule has 4 nitrogen and oxygen atoms in total. The molecule has 2 aromatic rings. The van der Waals surface area contributed by atoms with Crippen LogP contribution in [0.3, 0.4) is 0 Å². The number of hydrogen-bond acceptors (Lipinski definition) is 3. The van der Waals surface area contributed by atoms with E-state index in [-0.39, 0.29) is 6.04 Å². The number of nitrogens with zero attached hydrogens (tertiary/aromatic N) is 2. The molecular weight excluding hydrogens is 262 g/mol. The Kier molecular flexibility index (Phi) is 4.45. The molecule has 1 aromatic carbocycles. The molecule has 1 unspecified atom stereocenters. The van der Waals surface area contributed by atoms with Gasteiger partial charge in [-0.05, 0) is 31.5 Å². The van der Waals surface area contributed by atoms with Gasteiger partial charge in [0.15, 0.2) is 0 Å². The summed E-state index contributed by atoms with van der Waals surface area (Å²) < 4.78 is 7.73. The van der Waals surface area contributed by atoms with Gasteiger partial charge in [-0.2, -0.15) is 0 Å². The molecule has 0 aliphatic carbocycles. The lowest BCUT2D eigenvalue weighted by Crippen LogP contribution is -2.07. The summed E-state index contributed by atoms with van der Waals surface area (Å²) in [4.78, 5) is 4.25. The van der Waals surface area contributed by atoms with Crippen LogP contribution < -0.4 is 10.5 Å². The number of rotatable bonds is 5. The van der Waals surface area contributed by atoms with Gasteiger partial charge in [-0.25, -0.2) is 4.98 Å². The van der Waals surface area contributed by atoms with Crippen molar-refractivity contribution in [2.45, 2.75) is 33.0 Å². The van der Waals surface area contributed by atoms with Crippen molar-refractivity contribution < 1.29 is 4.74 Å². The van der Waals surface area contributed by atoms with E-state index in [0.29, 0.717) is 17.4 Å². The second-order valence-corrected chi connectivity index (χ2v) is 4.80. The standard InChI is InChI=1S/C14H18ClN3O/c1-3-18-7-6-17-14(18)9-19-13-5-4-11(10(2)16)8-12(13)15/h4-8,10H,3,9,16H2,1-2H3. The van der Waals surface area contributed by atoms with E-state index in [2.05, 4.69) is 11.9 Å². The van der Waals surface area contributed by atoms with E-state index in [1.165, 1.54) is 0 Å². The summed E-state index contributed by atoms with van der Waals surface area (Å²) in [7, 11) is 0. The van der Waals surface area contributed by atoms with Crippen LogP contribution in [-0.2, 0) is 13.2 Å². The molecule has 0 aliphatic rings. The zero-order valence-corrected chi connectivity index (χ0v) is 11.9. The Balaban J connectivity index is 2.08. The summed E-state index contributed by atoms with van der Waals surface area (Å²) in [6.07, 6.45) is 3.70. The van der Waals surface area contributed by atoms with Gasteiger partial charge in [-0.15, -0.1) is 0 Å². The Morgan fingerprint density at radius 1 is 1.47 bits per heavy atom. The Labute approximate surface area is 118 Å². The summed E-state index contributed by atoms with van der Waals surface area (Å²) in [6.45, 7) is 5.26. The van der Waals surface area contributed by atoms with E-state index in [1.54, 1.807) is 6.20 Å². The summed E-state index contributed by atoms with van der Waals surface area (Å²) in [5.74, 6) is 1.53. The number of hydrogen-bond donors (Lipinski definition) is 1. The molecule has 5 heteroatoms. The predicted molar refractivity (Wildman–Crippen MR) is 76.3 cm³/mol. The molecule has 0 spiro atoms. The molecule has 2 N–H and O–H groups in total. The highest BCUT2D eigenvalue weighted by molar-refractivity contribution is 6.32. The van der Waals surface area contributed by atoms with E-state index < -0.39 is 0 Å². The molecule has 102 valence electrons. The van der Waals surface area contributed by atoms with Gasteiger partial charge in [0.1, 0.15) is 18.2 Å². The van der Waals surface area contributed by atoms with Crippen LogP contribution in [0.5, 0.6) is 5.75 Å². The Hall–Kier alpha value is -1.52. The zero-order valence-electron chi connectivity index (χ0n) is 11.1. The van der Waals surface area contributed by atoms with Crippen molar-refractivity contribution in [3.05, 3.63) is 47.0 Å². The number of aryl methyl sites for hydroxylation is 1. The number of imidazole rings is 1. The average molecular weight is 280 g/mol. The van der Waals surface area contributed by atoms with Gasteiger partial charge in [-0.1, -0.05) is 17.7 Å². The highest BCUT2D eigenvalue weighted by Crippen LogP contribution is 2.27. The third-order valence-electron chi connectivity index (χ3n) is 2.98. The molecular formula is C14H18ClN3O. The van der Waals surface area contributed by atoms with Crippen LogP contribution in [0.4, 0.5) is 0 Å². The number of nitrogens with two attached hydrogens (primary N) is 1. The predicted octanol–water partition coefficient (Wildman–Crippen LogP) is 3.16. The molecule has 1 heterocycles. The van der Waals surface area contributed by atoms with Crippen molar-refractivity contribution in [3.8, 4) is 5.75 Å². The highest BCUT2D eigenvalue weighted by Gasteiger charge is 2.08. The minimum atomic E-state index is -0.0365. The van der Waals surface area contributed by atoms with Crippen molar-refractivity contribution in [2.75, 3.05) is 0 Å². The maximum absolute atomic E-state index is 6.18. The molecule has 0 radical (unpaired) electrons. The second-order valence-electron chi connectivity index (χ2n) is 4.40. The maximum atomic E-state index is 6.18. The van der Waals surface area contributed by atoms with E-state index in [4.69, 9.17) is 22.1 Å². The highest BCUT2D eigenvalue weighted by atomic mass is 35.5. The Bertz CT molecular complexity index is 551. The van der Waals surface area contributed by atoms with E-state index in [1.807, 2.05) is 35.9 Å². The van der Waals surface area contributed by atoms with Crippen molar-refractivity contribution in [1.82, 2.24) is 9.55 Å². The first-order valence-electron chi connectivity index (χ1n) is 6.29. The molecule has 0 fully saturated rings. The number of halogens is 1. The lowest BCUT2D eigenvalue weighted by atomic mass is 10.1. The lowest BCUT2D eigenvalue weighted by Gasteiger charge is -2.11. The van der Waals surface area contributed by atoms with Gasteiger partial charge in [0.2, 0.25) is 0 Å². The van der Waals surface area contributed by atoms with Gasteiger partial charge in [0.25, 0.3) is 0 Å². The molecule has 1 atom stereocenters. The van der Waals surface area contributed by atoms with E-state index in [0.717, 1.165) is 17.9 Å². The third-order valence-corrected chi connectivity index (χ3v) is 3.28. The van der Waals surface area contributed by atoms with Crippen LogP contribution in [0.2, 0.25) is 5.02 Å². The summed E-state index contributed by atoms with van der Waals surface area (Å²) >= 11 is 6.18. The molecule has 0 aliphatic heterocycles. The smallest absolute Gasteiger partial charge is 0.146 e. The normalized spacial score (nSPS) is 12.4. The first-order valence-corrected chi connectivity index (χ1v) is 6.67. The molecule has 0 bridgehead atoms. The topological polar surface area (TPSA) is 53.1 Å². The first kappa shape index (κ1) is 13.9. The molecule has 19 heavy (non-hydrogen) atoms. The van der Waals surface area contributed by atoms with Crippen LogP contribution in [0.25, 0.3) is 0 Å². The SMILES string of the molecule is CCn1ccnc1COc1ccc(C(C)N)cc1Cl. The first-order chi connectivity index (χ1) is 9.11. The molecule has 0 saturated heterocycles. The molecule has 2 rings (SSSR count). The van der Waals surface area contributed by atoms with Crippen molar-refractivity contribution in [1.29, 1.82) is 0 Å². The van der Waals surface area contributed by atoms with Gasteiger partial charge in [-0.3, -0.25) is 0 Å². The van der Waals surface area contributed by atoms with Crippen LogP contribution in [0.1, 0.15) is 31.3 Å². The fourth-order valence-corrected chi connectivity index (χ4v) is 2.07. The van der Waals surface area contributed by atoms with E-state index >= 15 is 0 Å². The number of benzene rings is 1. The third kappa shape index (κ3) is 3.28. The second kappa shape index (κ2) is 6.08. The van der Waals surface area contributed by atoms with Gasteiger partial charge >= 0.3 is 0 Å². The van der Waals surface area contributed by atoms with Crippen molar-refractivity contribution >= 4 is 11.6 Å². The van der Waals surface area contributed by atoms with E-state index in [9.17, 15) is 0 Å². The minimum absolute atomic E-state index is 0.0365. The van der Waals surface area contributed by atoms with Gasteiger partial charge in [0, 0.05) is 25.0 Å². The summed E-state index contributed by atoms with van der Waals surface area (Å²) in [6, 6.07) is 5.58. The maximum Gasteiger partial charge on any atom is 0.146 e. The average Bonchev–Trinajstić information content (AvgIpc) is 2.84. The van der Waals surface area contributed by atoms with Crippen LogP contribution >= 0.6 is 11.6 Å². The summed E-state index contributed by atoms with van der Waals surface area (Å²) in [5, 5.41) is 0.574. The fourth-order valence-electron chi connectivity index (χ4n) is 1.83. The van der Waals surface area contributed by atoms with Gasteiger partial charge in [0.05, 0.1) is 5.02 Å². The molecule has 0 saturated carbocycles. The lowest BCUT2D eigenvalue weighted by molar-refractivity contribution is 0.290. The molecule has 0 amide bonds. The largest absolute Gasteiger partial charge is 0.484 e. The van der Waals surface area contributed by atoms with Crippen LogP contribution in [-0.4, -0.2) is 9.55 Å². The van der Waals surface area contributed by atoms with Crippen LogP contribution in [0.15, 0.2) is 30.6 Å². The quantitative estimate of drug-likeness (QED) is 0.915. The fraction of sp³-hybridized carbons (Fsp3) is 0.357. The molecule has 1 aromatic heterocycles. The number of aromatic nitrogens is 2.